The molecule has 0 aliphatic heterocycles. The monoisotopic (exact) mass is 323 g/mol. The number of anilines is 1. The summed E-state index contributed by atoms with van der Waals surface area (Å²) >= 11 is 13.4. The molecule has 20 heavy (non-hydrogen) atoms. The van der Waals surface area contributed by atoms with Crippen LogP contribution in [0.5, 0.6) is 0 Å². The molecule has 102 valence electrons. The summed E-state index contributed by atoms with van der Waals surface area (Å²) in [5, 5.41) is 4.78. The molecule has 0 saturated heterocycles. The lowest BCUT2D eigenvalue weighted by Gasteiger charge is -2.17. The van der Waals surface area contributed by atoms with Crippen LogP contribution in [0.2, 0.25) is 10.0 Å². The Morgan fingerprint density at radius 3 is 2.55 bits per heavy atom. The maximum absolute atomic E-state index is 6.27. The number of hydrogen-bond acceptors (Lipinski definition) is 4. The van der Waals surface area contributed by atoms with Crippen molar-refractivity contribution in [1.29, 1.82) is 0 Å². The lowest BCUT2D eigenvalue weighted by Crippen LogP contribution is -2.07. The van der Waals surface area contributed by atoms with Gasteiger partial charge in [0.05, 0.1) is 22.4 Å². The van der Waals surface area contributed by atoms with Gasteiger partial charge in [0.25, 0.3) is 0 Å². The Morgan fingerprint density at radius 2 is 1.80 bits per heavy atom. The summed E-state index contributed by atoms with van der Waals surface area (Å²) in [6, 6.07) is 11.5. The van der Waals surface area contributed by atoms with Gasteiger partial charge in [-0.05, 0) is 36.8 Å². The highest BCUT2D eigenvalue weighted by molar-refractivity contribution is 7.00. The molecular formula is C14H11Cl2N3S. The van der Waals surface area contributed by atoms with Crippen LogP contribution in [0.25, 0.3) is 11.0 Å². The van der Waals surface area contributed by atoms with Gasteiger partial charge in [0.2, 0.25) is 0 Å². The third-order valence-corrected chi connectivity index (χ3v) is 4.22. The first-order chi connectivity index (χ1) is 9.65. The number of halogens is 2. The quantitative estimate of drug-likeness (QED) is 0.722. The molecule has 0 aliphatic carbocycles. The normalized spacial score (nSPS) is 12.6. The van der Waals surface area contributed by atoms with Crippen molar-refractivity contribution in [2.75, 3.05) is 5.32 Å². The third-order valence-electron chi connectivity index (χ3n) is 3.11. The van der Waals surface area contributed by atoms with E-state index in [9.17, 15) is 0 Å². The molecule has 2 aromatic carbocycles. The largest absolute Gasteiger partial charge is 0.375 e. The molecule has 1 atom stereocenters. The molecular weight excluding hydrogens is 313 g/mol. The van der Waals surface area contributed by atoms with Crippen LogP contribution in [0, 0.1) is 0 Å². The van der Waals surface area contributed by atoms with Crippen LogP contribution in [0.4, 0.5) is 5.69 Å². The number of nitrogens with zero attached hydrogens (tertiary/aromatic N) is 2. The minimum Gasteiger partial charge on any atom is -0.375 e. The highest BCUT2D eigenvalue weighted by Gasteiger charge is 2.13. The summed E-state index contributed by atoms with van der Waals surface area (Å²) in [5.41, 5.74) is 3.61. The van der Waals surface area contributed by atoms with Gasteiger partial charge in [-0.15, -0.1) is 0 Å². The van der Waals surface area contributed by atoms with Gasteiger partial charge in [0, 0.05) is 11.1 Å². The molecule has 6 heteroatoms. The Balaban J connectivity index is 1.94. The first-order valence-corrected chi connectivity index (χ1v) is 7.56. The van der Waals surface area contributed by atoms with Gasteiger partial charge in [-0.25, -0.2) is 0 Å². The molecule has 0 aliphatic rings. The van der Waals surface area contributed by atoms with Crippen LogP contribution in [0.3, 0.4) is 0 Å². The molecule has 0 amide bonds. The van der Waals surface area contributed by atoms with Crippen molar-refractivity contribution >= 4 is 51.7 Å². The highest BCUT2D eigenvalue weighted by atomic mass is 35.5. The predicted octanol–water partition coefficient (Wildman–Crippen LogP) is 5.17. The number of benzene rings is 2. The SMILES string of the molecule is CC(Nc1c(Cl)ccc2nsnc12)c1ccc(Cl)cc1. The Kier molecular flexibility index (Phi) is 3.78. The number of nitrogens with one attached hydrogen (secondary N) is 1. The van der Waals surface area contributed by atoms with E-state index >= 15 is 0 Å². The molecule has 0 saturated carbocycles. The number of fused-ring (bicyclic) bond motifs is 1. The summed E-state index contributed by atoms with van der Waals surface area (Å²) in [6.07, 6.45) is 0. The summed E-state index contributed by atoms with van der Waals surface area (Å²) in [5.74, 6) is 0. The maximum Gasteiger partial charge on any atom is 0.129 e. The summed E-state index contributed by atoms with van der Waals surface area (Å²) in [6.45, 7) is 2.07. The van der Waals surface area contributed by atoms with Crippen LogP contribution >= 0.6 is 34.9 Å². The minimum absolute atomic E-state index is 0.0945. The van der Waals surface area contributed by atoms with E-state index in [1.54, 1.807) is 0 Å². The molecule has 1 aromatic heterocycles. The van der Waals surface area contributed by atoms with Crippen LogP contribution in [0.1, 0.15) is 18.5 Å². The van der Waals surface area contributed by atoms with E-state index in [0.717, 1.165) is 27.3 Å². The second kappa shape index (κ2) is 5.56. The van der Waals surface area contributed by atoms with Gasteiger partial charge in [-0.1, -0.05) is 35.3 Å². The average molecular weight is 324 g/mol. The zero-order valence-corrected chi connectivity index (χ0v) is 12.9. The fourth-order valence-corrected chi connectivity index (χ4v) is 2.89. The van der Waals surface area contributed by atoms with E-state index in [4.69, 9.17) is 23.2 Å². The van der Waals surface area contributed by atoms with Crippen LogP contribution < -0.4 is 5.32 Å². The van der Waals surface area contributed by atoms with Crippen molar-refractivity contribution in [2.24, 2.45) is 0 Å². The van der Waals surface area contributed by atoms with E-state index in [0.29, 0.717) is 5.02 Å². The molecule has 0 bridgehead atoms. The molecule has 0 fully saturated rings. The van der Waals surface area contributed by atoms with E-state index in [1.165, 1.54) is 11.7 Å². The molecule has 1 N–H and O–H groups in total. The lowest BCUT2D eigenvalue weighted by atomic mass is 10.1. The molecule has 1 unspecified atom stereocenters. The van der Waals surface area contributed by atoms with Crippen molar-refractivity contribution in [3.8, 4) is 0 Å². The van der Waals surface area contributed by atoms with Crippen LogP contribution in [-0.4, -0.2) is 8.75 Å². The van der Waals surface area contributed by atoms with Crippen molar-refractivity contribution in [1.82, 2.24) is 8.75 Å². The Hall–Kier alpha value is -1.36. The number of aromatic nitrogens is 2. The van der Waals surface area contributed by atoms with Crippen LogP contribution in [0.15, 0.2) is 36.4 Å². The lowest BCUT2D eigenvalue weighted by molar-refractivity contribution is 0.886. The average Bonchev–Trinajstić information content (AvgIpc) is 2.91. The van der Waals surface area contributed by atoms with Crippen molar-refractivity contribution in [3.05, 3.63) is 52.0 Å². The first kappa shape index (κ1) is 13.6. The Morgan fingerprint density at radius 1 is 1.05 bits per heavy atom. The van der Waals surface area contributed by atoms with Crippen molar-refractivity contribution in [3.63, 3.8) is 0 Å². The van der Waals surface area contributed by atoms with Gasteiger partial charge in [-0.2, -0.15) is 8.75 Å². The van der Waals surface area contributed by atoms with Gasteiger partial charge < -0.3 is 5.32 Å². The summed E-state index contributed by atoms with van der Waals surface area (Å²) in [7, 11) is 0. The van der Waals surface area contributed by atoms with E-state index < -0.39 is 0 Å². The first-order valence-electron chi connectivity index (χ1n) is 6.08. The smallest absolute Gasteiger partial charge is 0.129 e. The second-order valence-electron chi connectivity index (χ2n) is 4.47. The number of rotatable bonds is 3. The van der Waals surface area contributed by atoms with Gasteiger partial charge in [0.1, 0.15) is 11.0 Å². The summed E-state index contributed by atoms with van der Waals surface area (Å²) in [4.78, 5) is 0. The molecule has 0 radical (unpaired) electrons. The second-order valence-corrected chi connectivity index (χ2v) is 5.84. The zero-order valence-electron chi connectivity index (χ0n) is 10.6. The molecule has 3 nitrogen and oxygen atoms in total. The van der Waals surface area contributed by atoms with E-state index in [1.807, 2.05) is 36.4 Å². The summed E-state index contributed by atoms with van der Waals surface area (Å²) < 4.78 is 8.53. The van der Waals surface area contributed by atoms with E-state index in [-0.39, 0.29) is 6.04 Å². The maximum atomic E-state index is 6.27. The Labute approximate surface area is 130 Å². The molecule has 1 heterocycles. The van der Waals surface area contributed by atoms with Crippen LogP contribution in [-0.2, 0) is 0 Å². The zero-order chi connectivity index (χ0) is 14.1. The van der Waals surface area contributed by atoms with Gasteiger partial charge in [0.15, 0.2) is 0 Å². The molecule has 3 aromatic rings. The number of hydrogen-bond donors (Lipinski definition) is 1. The minimum atomic E-state index is 0.0945. The third kappa shape index (κ3) is 2.59. The van der Waals surface area contributed by atoms with Crippen molar-refractivity contribution in [2.45, 2.75) is 13.0 Å². The highest BCUT2D eigenvalue weighted by Crippen LogP contribution is 2.32. The fourth-order valence-electron chi connectivity index (χ4n) is 2.02. The predicted molar refractivity (Wildman–Crippen MR) is 85.9 cm³/mol. The Bertz CT molecular complexity index is 740. The molecule has 0 spiro atoms. The van der Waals surface area contributed by atoms with E-state index in [2.05, 4.69) is 21.0 Å². The fraction of sp³-hybridized carbons (Fsp3) is 0.143. The molecule has 3 rings (SSSR count). The van der Waals surface area contributed by atoms with Gasteiger partial charge in [-0.3, -0.25) is 0 Å². The van der Waals surface area contributed by atoms with Gasteiger partial charge >= 0.3 is 0 Å². The van der Waals surface area contributed by atoms with Crippen molar-refractivity contribution < 1.29 is 0 Å². The topological polar surface area (TPSA) is 37.8 Å². The standard InChI is InChI=1S/C14H11Cl2N3S/c1-8(9-2-4-10(15)5-3-9)17-13-11(16)6-7-12-14(13)19-20-18-12/h2-8,17H,1H3.